The zero-order valence-electron chi connectivity index (χ0n) is 12.3. The number of rotatable bonds is 7. The molecule has 0 unspecified atom stereocenters. The average Bonchev–Trinajstić information content (AvgIpc) is 2.52. The third-order valence-corrected chi connectivity index (χ3v) is 3.46. The number of carbonyl (C=O) groups excluding carboxylic acids is 1. The van der Waals surface area contributed by atoms with Gasteiger partial charge in [-0.25, -0.2) is 8.78 Å². The Morgan fingerprint density at radius 1 is 0.955 bits per heavy atom. The molecule has 0 saturated carbocycles. The highest BCUT2D eigenvalue weighted by Crippen LogP contribution is 2.09. The zero-order chi connectivity index (χ0) is 15.8. The lowest BCUT2D eigenvalue weighted by molar-refractivity contribution is -0.121. The molecule has 2 rings (SSSR count). The normalized spacial score (nSPS) is 10.5. The van der Waals surface area contributed by atoms with Gasteiger partial charge in [0.25, 0.3) is 0 Å². The van der Waals surface area contributed by atoms with Gasteiger partial charge in [-0.05, 0) is 48.6 Å². The Kier molecular flexibility index (Phi) is 6.07. The van der Waals surface area contributed by atoms with Crippen molar-refractivity contribution in [3.05, 3.63) is 71.3 Å². The Morgan fingerprint density at radius 2 is 1.68 bits per heavy atom. The maximum absolute atomic E-state index is 13.4. The summed E-state index contributed by atoms with van der Waals surface area (Å²) in [5.41, 5.74) is 1.60. The summed E-state index contributed by atoms with van der Waals surface area (Å²) in [5, 5.41) is 2.82. The van der Waals surface area contributed by atoms with Crippen molar-refractivity contribution in [1.82, 2.24) is 5.32 Å². The van der Waals surface area contributed by atoms with E-state index in [4.69, 9.17) is 0 Å². The highest BCUT2D eigenvalue weighted by atomic mass is 19.1. The minimum Gasteiger partial charge on any atom is -0.356 e. The fourth-order valence-corrected chi connectivity index (χ4v) is 2.21. The minimum atomic E-state index is -0.272. The summed E-state index contributed by atoms with van der Waals surface area (Å²) in [5.74, 6) is -0.598. The summed E-state index contributed by atoms with van der Waals surface area (Å²) in [4.78, 5) is 11.7. The molecule has 0 aliphatic rings. The first-order valence-corrected chi connectivity index (χ1v) is 7.40. The van der Waals surface area contributed by atoms with Crippen molar-refractivity contribution in [2.24, 2.45) is 0 Å². The van der Waals surface area contributed by atoms with Crippen LogP contribution in [0, 0.1) is 11.6 Å². The van der Waals surface area contributed by atoms with Gasteiger partial charge in [-0.3, -0.25) is 4.79 Å². The molecule has 1 N–H and O–H groups in total. The third kappa shape index (κ3) is 5.28. The second-order valence-corrected chi connectivity index (χ2v) is 5.17. The number of halogens is 2. The molecule has 0 heterocycles. The van der Waals surface area contributed by atoms with Crippen molar-refractivity contribution in [3.8, 4) is 0 Å². The van der Waals surface area contributed by atoms with Gasteiger partial charge < -0.3 is 5.32 Å². The second kappa shape index (κ2) is 8.27. The van der Waals surface area contributed by atoms with Crippen molar-refractivity contribution in [3.63, 3.8) is 0 Å². The molecule has 0 spiro atoms. The van der Waals surface area contributed by atoms with Crippen LogP contribution >= 0.6 is 0 Å². The van der Waals surface area contributed by atoms with Crippen LogP contribution in [0.3, 0.4) is 0 Å². The van der Waals surface area contributed by atoms with Gasteiger partial charge in [0.15, 0.2) is 0 Å². The first-order valence-electron chi connectivity index (χ1n) is 7.40. The molecule has 4 heteroatoms. The van der Waals surface area contributed by atoms with Crippen LogP contribution in [0.5, 0.6) is 0 Å². The minimum absolute atomic E-state index is 0.0811. The monoisotopic (exact) mass is 303 g/mol. The number of hydrogen-bond acceptors (Lipinski definition) is 1. The fraction of sp³-hybridized carbons (Fsp3) is 0.278. The van der Waals surface area contributed by atoms with Crippen LogP contribution in [-0.4, -0.2) is 12.5 Å². The first kappa shape index (κ1) is 16.1. The van der Waals surface area contributed by atoms with E-state index in [1.807, 2.05) is 0 Å². The lowest BCUT2D eigenvalue weighted by Gasteiger charge is -2.06. The van der Waals surface area contributed by atoms with E-state index in [2.05, 4.69) is 5.32 Å². The molecule has 0 atom stereocenters. The van der Waals surface area contributed by atoms with E-state index in [0.29, 0.717) is 18.5 Å². The van der Waals surface area contributed by atoms with Gasteiger partial charge in [0.05, 0.1) is 0 Å². The van der Waals surface area contributed by atoms with E-state index in [-0.39, 0.29) is 24.0 Å². The van der Waals surface area contributed by atoms with Gasteiger partial charge in [0.1, 0.15) is 11.6 Å². The molecule has 0 fully saturated rings. The highest BCUT2D eigenvalue weighted by Gasteiger charge is 2.05. The van der Waals surface area contributed by atoms with Crippen molar-refractivity contribution in [2.45, 2.75) is 25.7 Å². The number of amides is 1. The number of aryl methyl sites for hydroxylation is 2. The maximum Gasteiger partial charge on any atom is 0.220 e. The smallest absolute Gasteiger partial charge is 0.220 e. The van der Waals surface area contributed by atoms with Gasteiger partial charge in [-0.15, -0.1) is 0 Å². The summed E-state index contributed by atoms with van der Waals surface area (Å²) in [7, 11) is 0. The number of carbonyl (C=O) groups is 1. The Labute approximate surface area is 129 Å². The van der Waals surface area contributed by atoms with Crippen LogP contribution in [-0.2, 0) is 17.6 Å². The Balaban J connectivity index is 1.64. The van der Waals surface area contributed by atoms with Gasteiger partial charge >= 0.3 is 0 Å². The molecule has 2 nitrogen and oxygen atoms in total. The quantitative estimate of drug-likeness (QED) is 0.777. The average molecular weight is 303 g/mol. The van der Waals surface area contributed by atoms with Gasteiger partial charge in [0, 0.05) is 13.0 Å². The molecule has 2 aromatic rings. The van der Waals surface area contributed by atoms with Crippen LogP contribution in [0.2, 0.25) is 0 Å². The molecular weight excluding hydrogens is 284 g/mol. The van der Waals surface area contributed by atoms with Crippen LogP contribution in [0.4, 0.5) is 8.78 Å². The predicted octanol–water partition coefficient (Wildman–Crippen LogP) is 3.65. The lowest BCUT2D eigenvalue weighted by Crippen LogP contribution is -2.25. The number of nitrogens with one attached hydrogen (secondary N) is 1. The first-order chi connectivity index (χ1) is 10.6. The van der Waals surface area contributed by atoms with Crippen LogP contribution < -0.4 is 5.32 Å². The van der Waals surface area contributed by atoms with E-state index < -0.39 is 0 Å². The Morgan fingerprint density at radius 3 is 2.41 bits per heavy atom. The van der Waals surface area contributed by atoms with E-state index in [0.717, 1.165) is 18.4 Å². The van der Waals surface area contributed by atoms with Gasteiger partial charge in [-0.2, -0.15) is 0 Å². The molecule has 0 aliphatic carbocycles. The predicted molar refractivity (Wildman–Crippen MR) is 82.5 cm³/mol. The SMILES string of the molecule is O=C(CCc1ccccc1F)NCCCc1ccc(F)cc1. The van der Waals surface area contributed by atoms with E-state index in [1.165, 1.54) is 18.2 Å². The molecule has 22 heavy (non-hydrogen) atoms. The van der Waals surface area contributed by atoms with Crippen molar-refractivity contribution >= 4 is 5.91 Å². The summed E-state index contributed by atoms with van der Waals surface area (Å²) >= 11 is 0. The summed E-state index contributed by atoms with van der Waals surface area (Å²) in [6, 6.07) is 12.8. The third-order valence-electron chi connectivity index (χ3n) is 3.46. The van der Waals surface area contributed by atoms with Crippen LogP contribution in [0.25, 0.3) is 0 Å². The lowest BCUT2D eigenvalue weighted by atomic mass is 10.1. The molecule has 0 aliphatic heterocycles. The van der Waals surface area contributed by atoms with Gasteiger partial charge in [-0.1, -0.05) is 30.3 Å². The van der Waals surface area contributed by atoms with Crippen LogP contribution in [0.1, 0.15) is 24.0 Å². The molecule has 1 amide bonds. The summed E-state index contributed by atoms with van der Waals surface area (Å²) < 4.78 is 26.2. The fourth-order valence-electron chi connectivity index (χ4n) is 2.21. The number of benzene rings is 2. The van der Waals surface area contributed by atoms with E-state index in [1.54, 1.807) is 30.3 Å². The maximum atomic E-state index is 13.4. The second-order valence-electron chi connectivity index (χ2n) is 5.17. The van der Waals surface area contributed by atoms with Gasteiger partial charge in [0.2, 0.25) is 5.91 Å². The zero-order valence-corrected chi connectivity index (χ0v) is 12.3. The molecule has 0 radical (unpaired) electrons. The largest absolute Gasteiger partial charge is 0.356 e. The molecule has 0 bridgehead atoms. The summed E-state index contributed by atoms with van der Waals surface area (Å²) in [6.45, 7) is 0.563. The van der Waals surface area contributed by atoms with Crippen molar-refractivity contribution in [2.75, 3.05) is 6.54 Å². The van der Waals surface area contributed by atoms with E-state index in [9.17, 15) is 13.6 Å². The summed E-state index contributed by atoms with van der Waals surface area (Å²) in [6.07, 6.45) is 2.25. The molecule has 0 aromatic heterocycles. The Hall–Kier alpha value is -2.23. The topological polar surface area (TPSA) is 29.1 Å². The molecular formula is C18H19F2NO. The highest BCUT2D eigenvalue weighted by molar-refractivity contribution is 5.76. The molecule has 116 valence electrons. The Bertz CT molecular complexity index is 611. The number of hydrogen-bond donors (Lipinski definition) is 1. The van der Waals surface area contributed by atoms with E-state index >= 15 is 0 Å². The standard InChI is InChI=1S/C18H19F2NO/c19-16-10-7-14(8-11-16)4-3-13-21-18(22)12-9-15-5-1-2-6-17(15)20/h1-2,5-8,10-11H,3-4,9,12-13H2,(H,21,22). The van der Waals surface area contributed by atoms with Crippen molar-refractivity contribution in [1.29, 1.82) is 0 Å². The van der Waals surface area contributed by atoms with Crippen molar-refractivity contribution < 1.29 is 13.6 Å². The molecule has 2 aromatic carbocycles. The van der Waals surface area contributed by atoms with Crippen LogP contribution in [0.15, 0.2) is 48.5 Å². The molecule has 0 saturated heterocycles.